The van der Waals surface area contributed by atoms with Gasteiger partial charge >= 0.3 is 0 Å². The first-order valence-electron chi connectivity index (χ1n) is 7.64. The van der Waals surface area contributed by atoms with Gasteiger partial charge in [0.25, 0.3) is 0 Å². The SMILES string of the molecule is OCCn1nc(-c2ccc(F)c(F)c2)nc1C1CC12CCC2. The Morgan fingerprint density at radius 1 is 1.27 bits per heavy atom. The summed E-state index contributed by atoms with van der Waals surface area (Å²) in [7, 11) is 0. The lowest BCUT2D eigenvalue weighted by Crippen LogP contribution is -2.16. The second kappa shape index (κ2) is 4.84. The summed E-state index contributed by atoms with van der Waals surface area (Å²) in [5, 5.41) is 13.6. The molecule has 2 aliphatic rings. The summed E-state index contributed by atoms with van der Waals surface area (Å²) in [5.41, 5.74) is 0.853. The zero-order valence-corrected chi connectivity index (χ0v) is 12.1. The van der Waals surface area contributed by atoms with E-state index in [4.69, 9.17) is 0 Å². The van der Waals surface area contributed by atoms with E-state index < -0.39 is 11.6 Å². The summed E-state index contributed by atoms with van der Waals surface area (Å²) in [6, 6.07) is 3.68. The molecule has 2 aliphatic carbocycles. The average molecular weight is 305 g/mol. The Morgan fingerprint density at radius 2 is 2.09 bits per heavy atom. The van der Waals surface area contributed by atoms with Crippen molar-refractivity contribution in [2.24, 2.45) is 5.41 Å². The minimum absolute atomic E-state index is 0.0205. The quantitative estimate of drug-likeness (QED) is 0.945. The molecule has 2 fully saturated rings. The molecule has 2 saturated carbocycles. The van der Waals surface area contributed by atoms with Crippen LogP contribution < -0.4 is 0 Å². The molecule has 1 unspecified atom stereocenters. The molecule has 0 saturated heterocycles. The van der Waals surface area contributed by atoms with Gasteiger partial charge in [0.2, 0.25) is 0 Å². The molecule has 4 rings (SSSR count). The third kappa shape index (κ3) is 2.05. The lowest BCUT2D eigenvalue weighted by atomic mass is 9.80. The fourth-order valence-corrected chi connectivity index (χ4v) is 3.52. The molecule has 1 aromatic carbocycles. The maximum Gasteiger partial charge on any atom is 0.181 e. The van der Waals surface area contributed by atoms with Gasteiger partial charge in [0, 0.05) is 11.5 Å². The zero-order valence-electron chi connectivity index (χ0n) is 12.1. The van der Waals surface area contributed by atoms with Gasteiger partial charge in [-0.3, -0.25) is 0 Å². The third-order valence-corrected chi connectivity index (χ3v) is 5.04. The van der Waals surface area contributed by atoms with E-state index in [9.17, 15) is 13.9 Å². The monoisotopic (exact) mass is 305 g/mol. The van der Waals surface area contributed by atoms with Crippen LogP contribution in [0.5, 0.6) is 0 Å². The first-order chi connectivity index (χ1) is 10.6. The summed E-state index contributed by atoms with van der Waals surface area (Å²) in [5.74, 6) is -0.134. The van der Waals surface area contributed by atoms with E-state index in [0.717, 1.165) is 24.4 Å². The van der Waals surface area contributed by atoms with E-state index in [-0.39, 0.29) is 6.61 Å². The molecule has 6 heteroatoms. The number of benzene rings is 1. The zero-order chi connectivity index (χ0) is 15.3. The van der Waals surface area contributed by atoms with Crippen LogP contribution in [0.25, 0.3) is 11.4 Å². The molecule has 1 heterocycles. The van der Waals surface area contributed by atoms with Crippen LogP contribution in [0.4, 0.5) is 8.78 Å². The third-order valence-electron chi connectivity index (χ3n) is 5.04. The van der Waals surface area contributed by atoms with Crippen LogP contribution in [0, 0.1) is 17.0 Å². The Morgan fingerprint density at radius 3 is 2.68 bits per heavy atom. The fraction of sp³-hybridized carbons (Fsp3) is 0.500. The Balaban J connectivity index is 1.70. The van der Waals surface area contributed by atoms with Gasteiger partial charge < -0.3 is 5.11 Å². The molecule has 116 valence electrons. The molecule has 1 spiro atoms. The molecule has 4 nitrogen and oxygen atoms in total. The van der Waals surface area contributed by atoms with Gasteiger partial charge in [-0.25, -0.2) is 18.4 Å². The number of aliphatic hydroxyl groups excluding tert-OH is 1. The van der Waals surface area contributed by atoms with Gasteiger partial charge in [-0.1, -0.05) is 6.42 Å². The second-order valence-electron chi connectivity index (χ2n) is 6.34. The smallest absolute Gasteiger partial charge is 0.181 e. The highest BCUT2D eigenvalue weighted by molar-refractivity contribution is 5.55. The van der Waals surface area contributed by atoms with Crippen LogP contribution in [-0.2, 0) is 6.54 Å². The average Bonchev–Trinajstić information content (AvgIpc) is 3.11. The molecular weight excluding hydrogens is 288 g/mol. The number of aromatic nitrogens is 3. The lowest BCUT2D eigenvalue weighted by Gasteiger charge is -2.26. The number of halogens is 2. The van der Waals surface area contributed by atoms with Crippen molar-refractivity contribution in [1.82, 2.24) is 14.8 Å². The Hall–Kier alpha value is -1.82. The van der Waals surface area contributed by atoms with Crippen LogP contribution >= 0.6 is 0 Å². The molecule has 0 bridgehead atoms. The minimum atomic E-state index is -0.903. The van der Waals surface area contributed by atoms with Crippen LogP contribution in [0.3, 0.4) is 0 Å². The highest BCUT2D eigenvalue weighted by Gasteiger charge is 2.60. The number of hydrogen-bond donors (Lipinski definition) is 1. The lowest BCUT2D eigenvalue weighted by molar-refractivity contribution is 0.256. The fourth-order valence-electron chi connectivity index (χ4n) is 3.52. The van der Waals surface area contributed by atoms with Gasteiger partial charge in [-0.05, 0) is 42.9 Å². The van der Waals surface area contributed by atoms with Crippen molar-refractivity contribution < 1.29 is 13.9 Å². The van der Waals surface area contributed by atoms with Crippen molar-refractivity contribution in [2.75, 3.05) is 6.61 Å². The maximum atomic E-state index is 13.4. The summed E-state index contributed by atoms with van der Waals surface area (Å²) in [4.78, 5) is 4.56. The van der Waals surface area contributed by atoms with E-state index >= 15 is 0 Å². The summed E-state index contributed by atoms with van der Waals surface area (Å²) < 4.78 is 28.2. The molecular formula is C16H17F2N3O. The van der Waals surface area contributed by atoms with Crippen LogP contribution in [0.15, 0.2) is 18.2 Å². The van der Waals surface area contributed by atoms with Gasteiger partial charge in [0.05, 0.1) is 13.2 Å². The highest BCUT2D eigenvalue weighted by Crippen LogP contribution is 2.69. The van der Waals surface area contributed by atoms with E-state index in [1.165, 1.54) is 25.3 Å². The molecule has 1 atom stereocenters. The van der Waals surface area contributed by atoms with Crippen molar-refractivity contribution in [1.29, 1.82) is 0 Å². The van der Waals surface area contributed by atoms with E-state index in [0.29, 0.717) is 29.3 Å². The normalized spacial score (nSPS) is 21.9. The van der Waals surface area contributed by atoms with Gasteiger partial charge in [-0.2, -0.15) is 5.10 Å². The van der Waals surface area contributed by atoms with Crippen LogP contribution in [-0.4, -0.2) is 26.5 Å². The van der Waals surface area contributed by atoms with Crippen molar-refractivity contribution in [2.45, 2.75) is 38.1 Å². The number of aliphatic hydroxyl groups is 1. The number of hydrogen-bond acceptors (Lipinski definition) is 3. The predicted octanol–water partition coefficient (Wildman–Crippen LogP) is 2.87. The topological polar surface area (TPSA) is 50.9 Å². The Kier molecular flexibility index (Phi) is 3.04. The van der Waals surface area contributed by atoms with Crippen molar-refractivity contribution in [3.63, 3.8) is 0 Å². The van der Waals surface area contributed by atoms with E-state index in [1.54, 1.807) is 4.68 Å². The molecule has 0 radical (unpaired) electrons. The molecule has 0 aliphatic heterocycles. The number of rotatable bonds is 4. The Labute approximate surface area is 126 Å². The van der Waals surface area contributed by atoms with E-state index in [2.05, 4.69) is 10.1 Å². The molecule has 0 amide bonds. The minimum Gasteiger partial charge on any atom is -0.394 e. The van der Waals surface area contributed by atoms with E-state index in [1.807, 2.05) is 0 Å². The largest absolute Gasteiger partial charge is 0.394 e. The van der Waals surface area contributed by atoms with Crippen molar-refractivity contribution in [3.8, 4) is 11.4 Å². The Bertz CT molecular complexity index is 724. The summed E-state index contributed by atoms with van der Waals surface area (Å²) in [6.07, 6.45) is 4.84. The summed E-state index contributed by atoms with van der Waals surface area (Å²) in [6.45, 7) is 0.353. The molecule has 22 heavy (non-hydrogen) atoms. The van der Waals surface area contributed by atoms with Crippen molar-refractivity contribution in [3.05, 3.63) is 35.7 Å². The first-order valence-corrected chi connectivity index (χ1v) is 7.64. The molecule has 2 aromatic rings. The summed E-state index contributed by atoms with van der Waals surface area (Å²) >= 11 is 0. The number of nitrogens with zero attached hydrogens (tertiary/aromatic N) is 3. The van der Waals surface area contributed by atoms with Crippen LogP contribution in [0.2, 0.25) is 0 Å². The first kappa shape index (κ1) is 13.8. The van der Waals surface area contributed by atoms with Gasteiger partial charge in [-0.15, -0.1) is 0 Å². The molecule has 1 aromatic heterocycles. The van der Waals surface area contributed by atoms with Crippen LogP contribution in [0.1, 0.15) is 37.4 Å². The van der Waals surface area contributed by atoms with Crippen molar-refractivity contribution >= 4 is 0 Å². The standard InChI is InChI=1S/C16H17F2N3O/c17-12-3-2-10(8-13(12)18)14-19-15(21(20-14)6-7-22)11-9-16(11)4-1-5-16/h2-3,8,11,22H,1,4-7,9H2. The second-order valence-corrected chi connectivity index (χ2v) is 6.34. The maximum absolute atomic E-state index is 13.4. The predicted molar refractivity (Wildman–Crippen MR) is 76.1 cm³/mol. The van der Waals surface area contributed by atoms with Gasteiger partial charge in [0.1, 0.15) is 5.82 Å². The molecule has 1 N–H and O–H groups in total. The van der Waals surface area contributed by atoms with Gasteiger partial charge in [0.15, 0.2) is 17.5 Å². The highest BCUT2D eigenvalue weighted by atomic mass is 19.2.